The number of carbonyl (C=O) groups excluding carboxylic acids is 1. The number of ketones is 1. The molecular weight excluding hydrogens is 280 g/mol. The predicted molar refractivity (Wildman–Crippen MR) is 51.8 cm³/mol. The zero-order valence-electron chi connectivity index (χ0n) is 6.44. The van der Waals surface area contributed by atoms with Crippen molar-refractivity contribution in [1.29, 1.82) is 0 Å². The van der Waals surface area contributed by atoms with E-state index in [0.717, 1.165) is 11.3 Å². The van der Waals surface area contributed by atoms with E-state index in [1.807, 2.05) is 0 Å². The van der Waals surface area contributed by atoms with Crippen molar-refractivity contribution in [2.75, 3.05) is 0 Å². The van der Waals surface area contributed by atoms with E-state index in [-0.39, 0.29) is 15.6 Å². The Morgan fingerprint density at radius 1 is 1.62 bits per heavy atom. The van der Waals surface area contributed by atoms with E-state index in [1.165, 1.54) is 13.0 Å². The minimum absolute atomic E-state index is 0.0365. The molecule has 0 saturated heterocycles. The van der Waals surface area contributed by atoms with Crippen LogP contribution in [0.25, 0.3) is 0 Å². The maximum absolute atomic E-state index is 10.9. The lowest BCUT2D eigenvalue weighted by Crippen LogP contribution is -2.02. The molecule has 0 amide bonds. The summed E-state index contributed by atoms with van der Waals surface area (Å²) in [6, 6.07) is 1.21. The van der Waals surface area contributed by atoms with E-state index < -0.39 is 10.1 Å². The molecular formula is C6H5BrO4S2. The van der Waals surface area contributed by atoms with Crippen molar-refractivity contribution < 1.29 is 17.8 Å². The van der Waals surface area contributed by atoms with Crippen LogP contribution in [-0.4, -0.2) is 18.8 Å². The van der Waals surface area contributed by atoms with Crippen LogP contribution in [-0.2, 0) is 10.1 Å². The summed E-state index contributed by atoms with van der Waals surface area (Å²) < 4.78 is 30.8. The number of Topliss-reactive ketones (excluding diaryl/α,β-unsaturated/α-hetero) is 1. The first-order valence-corrected chi connectivity index (χ1v) is 6.15. The second kappa shape index (κ2) is 3.49. The third kappa shape index (κ3) is 2.37. The summed E-state index contributed by atoms with van der Waals surface area (Å²) in [5.74, 6) is -0.386. The summed E-state index contributed by atoms with van der Waals surface area (Å²) in [5.41, 5.74) is 0. The third-order valence-corrected chi connectivity index (χ3v) is 4.01. The predicted octanol–water partition coefficient (Wildman–Crippen LogP) is 1.96. The molecule has 0 aliphatic rings. The number of hydrogen-bond acceptors (Lipinski definition) is 4. The van der Waals surface area contributed by atoms with E-state index >= 15 is 0 Å². The highest BCUT2D eigenvalue weighted by atomic mass is 79.9. The zero-order valence-corrected chi connectivity index (χ0v) is 9.66. The Labute approximate surface area is 87.5 Å². The fourth-order valence-corrected chi connectivity index (χ4v) is 3.48. The first-order valence-electron chi connectivity index (χ1n) is 3.10. The summed E-state index contributed by atoms with van der Waals surface area (Å²) in [7, 11) is -4.30. The van der Waals surface area contributed by atoms with Crippen molar-refractivity contribution in [2.24, 2.45) is 0 Å². The van der Waals surface area contributed by atoms with Crippen molar-refractivity contribution in [1.82, 2.24) is 0 Å². The van der Waals surface area contributed by atoms with Gasteiger partial charge in [0.25, 0.3) is 10.1 Å². The maximum Gasteiger partial charge on any atom is 0.296 e. The lowest BCUT2D eigenvalue weighted by Gasteiger charge is -1.93. The van der Waals surface area contributed by atoms with Gasteiger partial charge in [-0.3, -0.25) is 9.35 Å². The summed E-state index contributed by atoms with van der Waals surface area (Å²) in [4.78, 5) is 10.6. The topological polar surface area (TPSA) is 71.4 Å². The quantitative estimate of drug-likeness (QED) is 0.666. The van der Waals surface area contributed by atoms with Crippen molar-refractivity contribution in [3.63, 3.8) is 0 Å². The summed E-state index contributed by atoms with van der Waals surface area (Å²) in [6.07, 6.45) is 0. The van der Waals surface area contributed by atoms with Crippen LogP contribution in [0.4, 0.5) is 0 Å². The normalized spacial score (nSPS) is 11.6. The Kier molecular flexibility index (Phi) is 2.91. The number of halogens is 1. The van der Waals surface area contributed by atoms with Crippen LogP contribution in [0.1, 0.15) is 16.6 Å². The first-order chi connectivity index (χ1) is 5.82. The van der Waals surface area contributed by atoms with E-state index in [2.05, 4.69) is 15.9 Å². The molecule has 0 aromatic carbocycles. The lowest BCUT2D eigenvalue weighted by atomic mass is 10.4. The molecule has 1 aromatic rings. The van der Waals surface area contributed by atoms with Gasteiger partial charge in [0.05, 0.1) is 8.66 Å². The number of thiophene rings is 1. The molecule has 0 atom stereocenters. The van der Waals surface area contributed by atoms with Gasteiger partial charge in [-0.05, 0) is 28.9 Å². The Morgan fingerprint density at radius 3 is 2.46 bits per heavy atom. The van der Waals surface area contributed by atoms with Crippen LogP contribution in [0.15, 0.2) is 14.7 Å². The van der Waals surface area contributed by atoms with Crippen LogP contribution < -0.4 is 0 Å². The monoisotopic (exact) mass is 284 g/mol. The summed E-state index contributed by atoms with van der Waals surface area (Å²) in [5, 5.41) is 0. The Hall–Kier alpha value is -0.240. The highest BCUT2D eigenvalue weighted by Gasteiger charge is 2.21. The fourth-order valence-electron chi connectivity index (χ4n) is 0.783. The molecule has 0 saturated carbocycles. The zero-order chi connectivity index (χ0) is 10.2. The van der Waals surface area contributed by atoms with Crippen LogP contribution in [0.3, 0.4) is 0 Å². The average molecular weight is 285 g/mol. The average Bonchev–Trinajstić information content (AvgIpc) is 2.29. The van der Waals surface area contributed by atoms with Gasteiger partial charge in [-0.2, -0.15) is 8.42 Å². The molecule has 0 fully saturated rings. The van der Waals surface area contributed by atoms with Gasteiger partial charge in [0.15, 0.2) is 5.78 Å². The van der Waals surface area contributed by atoms with Crippen LogP contribution >= 0.6 is 27.3 Å². The van der Waals surface area contributed by atoms with Gasteiger partial charge in [-0.25, -0.2) is 0 Å². The highest BCUT2D eigenvalue weighted by molar-refractivity contribution is 9.11. The van der Waals surface area contributed by atoms with Crippen LogP contribution in [0, 0.1) is 0 Å². The van der Waals surface area contributed by atoms with Crippen molar-refractivity contribution in [3.05, 3.63) is 14.7 Å². The third-order valence-electron chi connectivity index (χ3n) is 1.27. The van der Waals surface area contributed by atoms with Gasteiger partial charge in [-0.1, -0.05) is 0 Å². The van der Waals surface area contributed by atoms with Gasteiger partial charge in [0.2, 0.25) is 0 Å². The maximum atomic E-state index is 10.9. The van der Waals surface area contributed by atoms with Crippen molar-refractivity contribution in [2.45, 2.75) is 11.8 Å². The standard InChI is InChI=1S/C6H5BrO4S2/c1-3(8)6-4(13(9,10)11)2-5(7)12-6/h2H,1H3,(H,9,10,11). The van der Waals surface area contributed by atoms with Gasteiger partial charge < -0.3 is 0 Å². The smallest absolute Gasteiger partial charge is 0.294 e. The summed E-state index contributed by atoms with van der Waals surface area (Å²) in [6.45, 7) is 1.24. The molecule has 7 heteroatoms. The van der Waals surface area contributed by atoms with Crippen LogP contribution in [0.5, 0.6) is 0 Å². The second-order valence-electron chi connectivity index (χ2n) is 2.28. The van der Waals surface area contributed by atoms with Gasteiger partial charge in [0.1, 0.15) is 4.90 Å². The number of carbonyl (C=O) groups is 1. The molecule has 0 spiro atoms. The minimum atomic E-state index is -4.30. The first kappa shape index (κ1) is 10.8. The molecule has 0 radical (unpaired) electrons. The molecule has 72 valence electrons. The fraction of sp³-hybridized carbons (Fsp3) is 0.167. The Bertz CT molecular complexity index is 445. The van der Waals surface area contributed by atoms with E-state index in [9.17, 15) is 13.2 Å². The molecule has 1 aromatic heterocycles. The largest absolute Gasteiger partial charge is 0.296 e. The molecule has 1 rings (SSSR count). The number of rotatable bonds is 2. The second-order valence-corrected chi connectivity index (χ2v) is 6.10. The molecule has 0 aliphatic heterocycles. The Balaban J connectivity index is 3.46. The minimum Gasteiger partial charge on any atom is -0.294 e. The van der Waals surface area contributed by atoms with Gasteiger partial charge >= 0.3 is 0 Å². The van der Waals surface area contributed by atoms with Gasteiger partial charge in [0, 0.05) is 0 Å². The summed E-state index contributed by atoms with van der Waals surface area (Å²) >= 11 is 4.01. The molecule has 0 bridgehead atoms. The van der Waals surface area contributed by atoms with E-state index in [4.69, 9.17) is 4.55 Å². The molecule has 13 heavy (non-hydrogen) atoms. The van der Waals surface area contributed by atoms with Crippen LogP contribution in [0.2, 0.25) is 0 Å². The molecule has 0 unspecified atom stereocenters. The number of hydrogen-bond donors (Lipinski definition) is 1. The molecule has 4 nitrogen and oxygen atoms in total. The van der Waals surface area contributed by atoms with Gasteiger partial charge in [-0.15, -0.1) is 11.3 Å². The molecule has 0 aliphatic carbocycles. The highest BCUT2D eigenvalue weighted by Crippen LogP contribution is 2.30. The molecule has 1 heterocycles. The molecule has 1 N–H and O–H groups in total. The van der Waals surface area contributed by atoms with E-state index in [0.29, 0.717) is 3.79 Å². The van der Waals surface area contributed by atoms with E-state index in [1.54, 1.807) is 0 Å². The lowest BCUT2D eigenvalue weighted by molar-refractivity contribution is 0.101. The SMILES string of the molecule is CC(=O)c1sc(Br)cc1S(=O)(=O)O. The van der Waals surface area contributed by atoms with Crippen molar-refractivity contribution >= 4 is 43.2 Å². The van der Waals surface area contributed by atoms with Crippen molar-refractivity contribution in [3.8, 4) is 0 Å². The Morgan fingerprint density at radius 2 is 2.15 bits per heavy atom.